The van der Waals surface area contributed by atoms with Crippen LogP contribution in [0.2, 0.25) is 0 Å². The number of rotatable bonds is 3. The number of hydrogen-bond acceptors (Lipinski definition) is 5. The van der Waals surface area contributed by atoms with Gasteiger partial charge in [-0.15, -0.1) is 0 Å². The number of amides is 2. The molecule has 2 aromatic rings. The van der Waals surface area contributed by atoms with Crippen LogP contribution in [-0.4, -0.2) is 53.7 Å². The van der Waals surface area contributed by atoms with Crippen molar-refractivity contribution in [3.8, 4) is 11.8 Å². The second-order valence-corrected chi connectivity index (χ2v) is 11.5. The van der Waals surface area contributed by atoms with Gasteiger partial charge in [0.15, 0.2) is 5.69 Å². The second-order valence-electron chi connectivity index (χ2n) is 11.5. The van der Waals surface area contributed by atoms with Crippen LogP contribution in [0.5, 0.6) is 0 Å². The Morgan fingerprint density at radius 1 is 1.05 bits per heavy atom. The number of hydrogen-bond donors (Lipinski definition) is 1. The summed E-state index contributed by atoms with van der Waals surface area (Å²) in [6.07, 6.45) is -0.810. The number of carbonyl (C=O) groups excluding carboxylic acids is 2. The van der Waals surface area contributed by atoms with E-state index in [2.05, 4.69) is 27.0 Å². The Balaban J connectivity index is 1.25. The number of halogens is 3. The third kappa shape index (κ3) is 8.16. The van der Waals surface area contributed by atoms with Crippen molar-refractivity contribution < 1.29 is 27.5 Å². The number of piperidine rings is 2. The molecule has 3 heterocycles. The van der Waals surface area contributed by atoms with Crippen LogP contribution in [0.1, 0.15) is 57.6 Å². The molecule has 8 nitrogen and oxygen atoms in total. The first-order chi connectivity index (χ1) is 19.8. The average Bonchev–Trinajstić information content (AvgIpc) is 2.95. The predicted molar refractivity (Wildman–Crippen MR) is 153 cm³/mol. The summed E-state index contributed by atoms with van der Waals surface area (Å²) < 4.78 is 45.5. The molecule has 0 spiro atoms. The Hall–Kier alpha value is -4.25. The number of carbonyl (C=O) groups is 2. The van der Waals surface area contributed by atoms with Gasteiger partial charge in [0, 0.05) is 55.5 Å². The van der Waals surface area contributed by atoms with Gasteiger partial charge in [-0.3, -0.25) is 4.79 Å². The van der Waals surface area contributed by atoms with Crippen LogP contribution >= 0.6 is 0 Å². The lowest BCUT2D eigenvalue weighted by molar-refractivity contribution is -0.136. The molecule has 1 aromatic heterocycles. The molecular formula is C31H34F3N5O3. The molecule has 2 saturated heterocycles. The Morgan fingerprint density at radius 3 is 2.31 bits per heavy atom. The fourth-order valence-electron chi connectivity index (χ4n) is 4.93. The zero-order valence-corrected chi connectivity index (χ0v) is 23.9. The van der Waals surface area contributed by atoms with Crippen molar-refractivity contribution in [3.63, 3.8) is 0 Å². The van der Waals surface area contributed by atoms with E-state index in [1.807, 2.05) is 20.8 Å². The molecule has 42 heavy (non-hydrogen) atoms. The fraction of sp³-hybridized carbons (Fsp3) is 0.484. The van der Waals surface area contributed by atoms with Gasteiger partial charge in [-0.2, -0.15) is 13.2 Å². The number of aromatic nitrogens is 1. The Kier molecular flexibility index (Phi) is 9.30. The maximum atomic E-state index is 13.3. The zero-order chi connectivity index (χ0) is 30.5. The summed E-state index contributed by atoms with van der Waals surface area (Å²) in [5.74, 6) is 6.48. The molecule has 0 saturated carbocycles. The van der Waals surface area contributed by atoms with Gasteiger partial charge < -0.3 is 19.9 Å². The van der Waals surface area contributed by atoms with E-state index < -0.39 is 23.0 Å². The van der Waals surface area contributed by atoms with Crippen molar-refractivity contribution in [1.29, 1.82) is 0 Å². The van der Waals surface area contributed by atoms with Crippen molar-refractivity contribution in [2.24, 2.45) is 11.8 Å². The maximum Gasteiger partial charge on any atom is 0.410 e. The van der Waals surface area contributed by atoms with Gasteiger partial charge in [0.1, 0.15) is 11.4 Å². The molecule has 2 aliphatic heterocycles. The van der Waals surface area contributed by atoms with Gasteiger partial charge in [-0.1, -0.05) is 17.9 Å². The first-order valence-corrected chi connectivity index (χ1v) is 13.9. The first-order valence-electron chi connectivity index (χ1n) is 13.9. The van der Waals surface area contributed by atoms with Gasteiger partial charge in [0.25, 0.3) is 0 Å². The van der Waals surface area contributed by atoms with Crippen LogP contribution in [0, 0.1) is 30.2 Å². The molecule has 1 aromatic carbocycles. The number of likely N-dealkylation sites (tertiary alicyclic amines) is 1. The molecule has 0 radical (unpaired) electrons. The van der Waals surface area contributed by atoms with E-state index in [-0.39, 0.29) is 23.8 Å². The normalized spacial score (nSPS) is 16.7. The molecule has 11 heteroatoms. The third-order valence-electron chi connectivity index (χ3n) is 7.22. The van der Waals surface area contributed by atoms with E-state index >= 15 is 0 Å². The van der Waals surface area contributed by atoms with Crippen molar-refractivity contribution >= 4 is 29.2 Å². The molecule has 4 rings (SSSR count). The molecule has 2 fully saturated rings. The van der Waals surface area contributed by atoms with E-state index in [1.54, 1.807) is 28.1 Å². The van der Waals surface area contributed by atoms with Crippen LogP contribution in [0.4, 0.5) is 35.2 Å². The summed E-state index contributed by atoms with van der Waals surface area (Å²) in [7, 11) is 0. The Labute approximate surface area is 244 Å². The van der Waals surface area contributed by atoms with Crippen LogP contribution in [-0.2, 0) is 15.7 Å². The van der Waals surface area contributed by atoms with Gasteiger partial charge in [0.05, 0.1) is 12.1 Å². The zero-order valence-electron chi connectivity index (χ0n) is 23.9. The highest BCUT2D eigenvalue weighted by Crippen LogP contribution is 2.39. The summed E-state index contributed by atoms with van der Waals surface area (Å²) in [5, 5.41) is 2.83. The average molecular weight is 582 g/mol. The second kappa shape index (κ2) is 12.7. The van der Waals surface area contributed by atoms with E-state index in [0.717, 1.165) is 24.5 Å². The highest BCUT2D eigenvalue weighted by molar-refractivity contribution is 5.91. The van der Waals surface area contributed by atoms with E-state index in [9.17, 15) is 22.8 Å². The van der Waals surface area contributed by atoms with E-state index in [1.165, 1.54) is 12.1 Å². The number of ether oxygens (including phenoxy) is 1. The number of nitrogens with zero attached hydrogens (tertiary/aromatic N) is 4. The summed E-state index contributed by atoms with van der Waals surface area (Å²) >= 11 is 0. The van der Waals surface area contributed by atoms with E-state index in [4.69, 9.17) is 11.3 Å². The topological polar surface area (TPSA) is 79.1 Å². The van der Waals surface area contributed by atoms with Gasteiger partial charge in [0.2, 0.25) is 5.91 Å². The molecule has 0 bridgehead atoms. The minimum Gasteiger partial charge on any atom is -0.444 e. The molecule has 222 valence electrons. The quantitative estimate of drug-likeness (QED) is 0.331. The largest absolute Gasteiger partial charge is 0.444 e. The Morgan fingerprint density at radius 2 is 1.74 bits per heavy atom. The van der Waals surface area contributed by atoms with Gasteiger partial charge >= 0.3 is 12.3 Å². The van der Waals surface area contributed by atoms with Crippen molar-refractivity contribution in [1.82, 2.24) is 9.88 Å². The molecule has 2 amide bonds. The monoisotopic (exact) mass is 581 g/mol. The SMILES string of the molecule is [C-]#[N+]c1ccc(N2CCC(C(=O)Nc3ccc(C#CC4CCN(C(=O)OC(C)(C)C)CC4)cn3)CC2)cc1C(F)(F)F. The lowest BCUT2D eigenvalue weighted by Crippen LogP contribution is -2.41. The van der Waals surface area contributed by atoms with Crippen molar-refractivity contribution in [2.75, 3.05) is 36.4 Å². The molecule has 2 aliphatic rings. The molecular weight excluding hydrogens is 547 g/mol. The molecule has 0 aliphatic carbocycles. The van der Waals surface area contributed by atoms with Gasteiger partial charge in [-0.05, 0) is 70.7 Å². The molecule has 0 unspecified atom stereocenters. The van der Waals surface area contributed by atoms with Crippen molar-refractivity contribution in [3.05, 3.63) is 59.1 Å². The van der Waals surface area contributed by atoms with Crippen LogP contribution in [0.25, 0.3) is 4.85 Å². The summed E-state index contributed by atoms with van der Waals surface area (Å²) in [6, 6.07) is 7.21. The standard InChI is InChI=1S/C31H34F3N5O3/c1-30(2,3)42-29(41)39-15-11-21(12-16-39)5-6-22-7-10-27(36-20-22)37-28(40)23-13-17-38(18-14-23)24-8-9-26(35-4)25(19-24)31(32,33)34/h7-10,19-21,23H,11-18H2,1-3H3,(H,36,37,40). The lowest BCUT2D eigenvalue weighted by Gasteiger charge is -2.33. The summed E-state index contributed by atoms with van der Waals surface area (Å²) in [6.45, 7) is 14.6. The van der Waals surface area contributed by atoms with Gasteiger partial charge in [-0.25, -0.2) is 14.6 Å². The predicted octanol–water partition coefficient (Wildman–Crippen LogP) is 6.50. The van der Waals surface area contributed by atoms with Crippen LogP contribution < -0.4 is 10.2 Å². The maximum absolute atomic E-state index is 13.3. The first kappa shape index (κ1) is 30.7. The van der Waals surface area contributed by atoms with E-state index in [0.29, 0.717) is 50.5 Å². The highest BCUT2D eigenvalue weighted by atomic mass is 19.4. The molecule has 0 atom stereocenters. The fourth-order valence-corrected chi connectivity index (χ4v) is 4.93. The third-order valence-corrected chi connectivity index (χ3v) is 7.22. The number of nitrogens with one attached hydrogen (secondary N) is 1. The smallest absolute Gasteiger partial charge is 0.410 e. The highest BCUT2D eigenvalue weighted by Gasteiger charge is 2.34. The minimum absolute atomic E-state index is 0.166. The number of alkyl halides is 3. The van der Waals surface area contributed by atoms with Crippen LogP contribution in [0.3, 0.4) is 0 Å². The number of pyridine rings is 1. The molecule has 1 N–H and O–H groups in total. The number of benzene rings is 1. The summed E-state index contributed by atoms with van der Waals surface area (Å²) in [4.78, 5) is 35.9. The van der Waals surface area contributed by atoms with Crippen LogP contribution in [0.15, 0.2) is 36.5 Å². The van der Waals surface area contributed by atoms with Crippen molar-refractivity contribution in [2.45, 2.75) is 58.2 Å². The minimum atomic E-state index is -4.61. The Bertz CT molecular complexity index is 1380. The summed E-state index contributed by atoms with van der Waals surface area (Å²) in [5.41, 5.74) is -0.785. The number of anilines is 2. The lowest BCUT2D eigenvalue weighted by atomic mass is 9.95.